The van der Waals surface area contributed by atoms with Crippen LogP contribution in [0.5, 0.6) is 0 Å². The molecule has 3 aromatic rings. The van der Waals surface area contributed by atoms with Crippen LogP contribution in [0.1, 0.15) is 5.82 Å². The summed E-state index contributed by atoms with van der Waals surface area (Å²) < 4.78 is 0. The largest absolute Gasteiger partial charge is 0.355 e. The monoisotopic (exact) mass is 338 g/mol. The summed E-state index contributed by atoms with van der Waals surface area (Å²) in [6.07, 6.45) is 0.627. The Morgan fingerprint density at radius 1 is 1.04 bits per heavy atom. The summed E-state index contributed by atoms with van der Waals surface area (Å²) in [5, 5.41) is 10.0. The molecule has 1 amide bonds. The molecular weight excluding hydrogens is 320 g/mol. The van der Waals surface area contributed by atoms with Crippen LogP contribution in [-0.4, -0.2) is 33.4 Å². The van der Waals surface area contributed by atoms with E-state index in [1.807, 2.05) is 60.7 Å². The van der Waals surface area contributed by atoms with Crippen molar-refractivity contribution in [2.24, 2.45) is 0 Å². The molecule has 2 aromatic carbocycles. The third-order valence-electron chi connectivity index (χ3n) is 3.36. The van der Waals surface area contributed by atoms with Gasteiger partial charge < -0.3 is 5.32 Å². The zero-order valence-corrected chi connectivity index (χ0v) is 13.9. The van der Waals surface area contributed by atoms with E-state index in [4.69, 9.17) is 0 Å². The number of carbonyl (C=O) groups is 1. The number of benzene rings is 2. The lowest BCUT2D eigenvalue weighted by molar-refractivity contribution is -0.118. The van der Waals surface area contributed by atoms with Gasteiger partial charge in [-0.2, -0.15) is 5.10 Å². The maximum atomic E-state index is 11.9. The molecule has 2 N–H and O–H groups in total. The third kappa shape index (κ3) is 4.70. The minimum absolute atomic E-state index is 0.0200. The molecule has 0 bridgehead atoms. The maximum absolute atomic E-state index is 11.9. The molecule has 0 atom stereocenters. The van der Waals surface area contributed by atoms with Gasteiger partial charge in [-0.05, 0) is 12.1 Å². The Kier molecular flexibility index (Phi) is 5.63. The van der Waals surface area contributed by atoms with E-state index < -0.39 is 0 Å². The Labute approximate surface area is 144 Å². The minimum atomic E-state index is 0.0200. The number of H-pyrrole nitrogens is 1. The van der Waals surface area contributed by atoms with Gasteiger partial charge in [-0.25, -0.2) is 4.98 Å². The molecular formula is C18H18N4OS. The van der Waals surface area contributed by atoms with Crippen molar-refractivity contribution in [2.75, 3.05) is 12.3 Å². The van der Waals surface area contributed by atoms with Gasteiger partial charge in [0.2, 0.25) is 5.91 Å². The van der Waals surface area contributed by atoms with E-state index >= 15 is 0 Å². The predicted octanol–water partition coefficient (Wildman–Crippen LogP) is 2.92. The number of aromatic nitrogens is 3. The second-order valence-electron chi connectivity index (χ2n) is 5.17. The van der Waals surface area contributed by atoms with Crippen molar-refractivity contribution in [1.82, 2.24) is 20.5 Å². The van der Waals surface area contributed by atoms with Crippen molar-refractivity contribution >= 4 is 17.7 Å². The second kappa shape index (κ2) is 8.31. The van der Waals surface area contributed by atoms with E-state index in [1.165, 1.54) is 11.8 Å². The second-order valence-corrected chi connectivity index (χ2v) is 6.22. The Balaban J connectivity index is 1.42. The first-order valence-electron chi connectivity index (χ1n) is 7.72. The van der Waals surface area contributed by atoms with Gasteiger partial charge >= 0.3 is 0 Å². The van der Waals surface area contributed by atoms with E-state index in [9.17, 15) is 4.79 Å². The van der Waals surface area contributed by atoms with Crippen molar-refractivity contribution in [3.05, 3.63) is 66.5 Å². The molecule has 24 heavy (non-hydrogen) atoms. The van der Waals surface area contributed by atoms with Gasteiger partial charge in [-0.1, -0.05) is 48.5 Å². The van der Waals surface area contributed by atoms with Crippen LogP contribution in [0.25, 0.3) is 11.4 Å². The van der Waals surface area contributed by atoms with Gasteiger partial charge in [0.1, 0.15) is 5.82 Å². The summed E-state index contributed by atoms with van der Waals surface area (Å²) in [5.41, 5.74) is 0.975. The average Bonchev–Trinajstić information content (AvgIpc) is 3.11. The minimum Gasteiger partial charge on any atom is -0.355 e. The molecule has 122 valence electrons. The molecule has 0 aliphatic heterocycles. The van der Waals surface area contributed by atoms with Crippen molar-refractivity contribution in [3.63, 3.8) is 0 Å². The summed E-state index contributed by atoms with van der Waals surface area (Å²) in [7, 11) is 0. The summed E-state index contributed by atoms with van der Waals surface area (Å²) in [6, 6.07) is 19.7. The third-order valence-corrected chi connectivity index (χ3v) is 4.37. The number of amides is 1. The van der Waals surface area contributed by atoms with Gasteiger partial charge in [0.15, 0.2) is 5.82 Å². The van der Waals surface area contributed by atoms with Crippen molar-refractivity contribution in [1.29, 1.82) is 0 Å². The van der Waals surface area contributed by atoms with E-state index in [2.05, 4.69) is 20.5 Å². The first-order chi connectivity index (χ1) is 11.8. The fourth-order valence-electron chi connectivity index (χ4n) is 2.16. The molecule has 3 rings (SSSR count). The Morgan fingerprint density at radius 2 is 1.75 bits per heavy atom. The molecule has 0 spiro atoms. The van der Waals surface area contributed by atoms with E-state index in [1.54, 1.807) is 0 Å². The molecule has 1 aromatic heterocycles. The normalized spacial score (nSPS) is 10.5. The van der Waals surface area contributed by atoms with E-state index in [0.29, 0.717) is 24.5 Å². The van der Waals surface area contributed by atoms with Crippen LogP contribution in [0.15, 0.2) is 65.6 Å². The highest BCUT2D eigenvalue weighted by Gasteiger charge is 2.06. The number of nitrogens with zero attached hydrogens (tertiary/aromatic N) is 2. The molecule has 0 aliphatic rings. The first-order valence-corrected chi connectivity index (χ1v) is 8.71. The summed E-state index contributed by atoms with van der Waals surface area (Å²) in [6.45, 7) is 0.539. The van der Waals surface area contributed by atoms with Crippen LogP contribution in [-0.2, 0) is 11.2 Å². The zero-order valence-electron chi connectivity index (χ0n) is 13.1. The molecule has 0 radical (unpaired) electrons. The van der Waals surface area contributed by atoms with Crippen LogP contribution in [0.3, 0.4) is 0 Å². The summed E-state index contributed by atoms with van der Waals surface area (Å²) >= 11 is 1.53. The predicted molar refractivity (Wildman–Crippen MR) is 95.7 cm³/mol. The highest BCUT2D eigenvalue weighted by molar-refractivity contribution is 8.00. The Bertz CT molecular complexity index is 774. The van der Waals surface area contributed by atoms with Crippen LogP contribution in [0.2, 0.25) is 0 Å². The van der Waals surface area contributed by atoms with Gasteiger partial charge in [0.25, 0.3) is 0 Å². The fourth-order valence-corrected chi connectivity index (χ4v) is 2.91. The summed E-state index contributed by atoms with van der Waals surface area (Å²) in [5.74, 6) is 1.88. The quantitative estimate of drug-likeness (QED) is 0.650. The van der Waals surface area contributed by atoms with Gasteiger partial charge in [-0.15, -0.1) is 11.8 Å². The highest BCUT2D eigenvalue weighted by Crippen LogP contribution is 2.16. The lowest BCUT2D eigenvalue weighted by atomic mass is 10.2. The van der Waals surface area contributed by atoms with Gasteiger partial charge in [0.05, 0.1) is 5.75 Å². The molecule has 0 unspecified atom stereocenters. The van der Waals surface area contributed by atoms with E-state index in [0.717, 1.165) is 16.3 Å². The molecule has 0 saturated carbocycles. The average molecular weight is 338 g/mol. The Hall–Kier alpha value is -2.60. The molecule has 0 fully saturated rings. The first kappa shape index (κ1) is 16.3. The number of carbonyl (C=O) groups excluding carboxylic acids is 1. The summed E-state index contributed by atoms with van der Waals surface area (Å²) in [4.78, 5) is 17.4. The van der Waals surface area contributed by atoms with Crippen LogP contribution >= 0.6 is 11.8 Å². The lowest BCUT2D eigenvalue weighted by Crippen LogP contribution is -2.27. The topological polar surface area (TPSA) is 70.7 Å². The number of aromatic amines is 1. The molecule has 1 heterocycles. The molecule has 0 aliphatic carbocycles. The maximum Gasteiger partial charge on any atom is 0.230 e. The van der Waals surface area contributed by atoms with Crippen LogP contribution < -0.4 is 5.32 Å². The number of nitrogens with one attached hydrogen (secondary N) is 2. The van der Waals surface area contributed by atoms with Gasteiger partial charge in [0, 0.05) is 23.4 Å². The number of hydrogen-bond donors (Lipinski definition) is 2. The SMILES string of the molecule is O=C(CSc1ccccc1)NCCc1nc(-c2ccccc2)n[nH]1. The van der Waals surface area contributed by atoms with Crippen molar-refractivity contribution < 1.29 is 4.79 Å². The molecule has 0 saturated heterocycles. The van der Waals surface area contributed by atoms with E-state index in [-0.39, 0.29) is 5.91 Å². The van der Waals surface area contributed by atoms with Crippen LogP contribution in [0.4, 0.5) is 0 Å². The molecule has 6 heteroatoms. The zero-order chi connectivity index (χ0) is 16.6. The standard InChI is InChI=1S/C18H18N4OS/c23-17(13-24-15-9-5-2-6-10-15)19-12-11-16-20-18(22-21-16)14-7-3-1-4-8-14/h1-10H,11-13H2,(H,19,23)(H,20,21,22). The number of rotatable bonds is 7. The Morgan fingerprint density at radius 3 is 2.50 bits per heavy atom. The highest BCUT2D eigenvalue weighted by atomic mass is 32.2. The number of thioether (sulfide) groups is 1. The van der Waals surface area contributed by atoms with Crippen molar-refractivity contribution in [2.45, 2.75) is 11.3 Å². The van der Waals surface area contributed by atoms with Crippen molar-refractivity contribution in [3.8, 4) is 11.4 Å². The fraction of sp³-hybridized carbons (Fsp3) is 0.167. The van der Waals surface area contributed by atoms with Crippen LogP contribution in [0, 0.1) is 0 Å². The lowest BCUT2D eigenvalue weighted by Gasteiger charge is -2.03. The smallest absolute Gasteiger partial charge is 0.230 e. The molecule has 5 nitrogen and oxygen atoms in total. The van der Waals surface area contributed by atoms with Gasteiger partial charge in [-0.3, -0.25) is 9.89 Å². The number of hydrogen-bond acceptors (Lipinski definition) is 4.